The van der Waals surface area contributed by atoms with Gasteiger partial charge in [0, 0.05) is 10.6 Å². The van der Waals surface area contributed by atoms with E-state index in [-0.39, 0.29) is 5.92 Å². The number of rotatable bonds is 2. The lowest BCUT2D eigenvalue weighted by Gasteiger charge is -2.30. The van der Waals surface area contributed by atoms with Gasteiger partial charge in [-0.3, -0.25) is 0 Å². The molecule has 1 fully saturated rings. The predicted molar refractivity (Wildman–Crippen MR) is 67.5 cm³/mol. The quantitative estimate of drug-likeness (QED) is 0.835. The Labute approximate surface area is 107 Å². The Kier molecular flexibility index (Phi) is 4.05. The molecule has 0 bridgehead atoms. The predicted octanol–water partition coefficient (Wildman–Crippen LogP) is 4.34. The van der Waals surface area contributed by atoms with Crippen LogP contribution >= 0.6 is 11.6 Å². The van der Waals surface area contributed by atoms with Gasteiger partial charge in [0.05, 0.1) is 6.10 Å². The maximum Gasteiger partial charge on any atom is 0.130 e. The molecule has 94 valence electrons. The van der Waals surface area contributed by atoms with Gasteiger partial charge in [0.2, 0.25) is 0 Å². The third-order valence-electron chi connectivity index (χ3n) is 3.79. The Bertz CT molecular complexity index is 386. The first-order valence-corrected chi connectivity index (χ1v) is 6.58. The minimum atomic E-state index is -0.695. The van der Waals surface area contributed by atoms with Gasteiger partial charge in [0.15, 0.2) is 0 Å². The third kappa shape index (κ3) is 2.99. The van der Waals surface area contributed by atoms with Crippen LogP contribution in [-0.4, -0.2) is 5.11 Å². The first-order chi connectivity index (χ1) is 8.08. The van der Waals surface area contributed by atoms with E-state index < -0.39 is 11.9 Å². The molecule has 0 radical (unpaired) electrons. The average Bonchev–Trinajstić information content (AvgIpc) is 2.29. The zero-order chi connectivity index (χ0) is 12.4. The molecule has 0 aliphatic heterocycles. The average molecular weight is 257 g/mol. The number of benzene rings is 1. The molecule has 3 heteroatoms. The highest BCUT2D eigenvalue weighted by atomic mass is 35.5. The Balaban J connectivity index is 2.11. The molecule has 2 rings (SSSR count). The normalized spacial score (nSPS) is 26.8. The molecular formula is C14H18ClFO. The molecule has 0 amide bonds. The lowest BCUT2D eigenvalue weighted by atomic mass is 9.78. The van der Waals surface area contributed by atoms with E-state index in [1.54, 1.807) is 12.1 Å². The summed E-state index contributed by atoms with van der Waals surface area (Å²) in [6.45, 7) is 2.23. The van der Waals surface area contributed by atoms with E-state index >= 15 is 0 Å². The Hall–Kier alpha value is -0.600. The summed E-state index contributed by atoms with van der Waals surface area (Å²) in [5.41, 5.74) is 0.383. The van der Waals surface area contributed by atoms with Gasteiger partial charge in [-0.2, -0.15) is 0 Å². The van der Waals surface area contributed by atoms with Crippen LogP contribution in [0.15, 0.2) is 18.2 Å². The second-order valence-corrected chi connectivity index (χ2v) is 5.57. The summed E-state index contributed by atoms with van der Waals surface area (Å²) >= 11 is 5.70. The second kappa shape index (κ2) is 5.36. The van der Waals surface area contributed by atoms with Crippen LogP contribution in [0.3, 0.4) is 0 Å². The molecule has 0 aromatic heterocycles. The first kappa shape index (κ1) is 12.8. The van der Waals surface area contributed by atoms with Crippen LogP contribution < -0.4 is 0 Å². The zero-order valence-corrected chi connectivity index (χ0v) is 10.8. The lowest BCUT2D eigenvalue weighted by molar-refractivity contribution is 0.0726. The highest BCUT2D eigenvalue weighted by molar-refractivity contribution is 6.30. The third-order valence-corrected chi connectivity index (χ3v) is 4.02. The van der Waals surface area contributed by atoms with E-state index in [2.05, 4.69) is 6.92 Å². The van der Waals surface area contributed by atoms with E-state index in [0.717, 1.165) is 31.6 Å². The van der Waals surface area contributed by atoms with Gasteiger partial charge in [-0.25, -0.2) is 4.39 Å². The maximum absolute atomic E-state index is 13.7. The fraction of sp³-hybridized carbons (Fsp3) is 0.571. The zero-order valence-electron chi connectivity index (χ0n) is 10.00. The molecule has 1 aliphatic rings. The summed E-state index contributed by atoms with van der Waals surface area (Å²) in [6, 6.07) is 4.50. The van der Waals surface area contributed by atoms with Crippen LogP contribution in [-0.2, 0) is 0 Å². The maximum atomic E-state index is 13.7. The molecule has 1 N–H and O–H groups in total. The van der Waals surface area contributed by atoms with Crippen LogP contribution in [0.25, 0.3) is 0 Å². The molecule has 0 spiro atoms. The van der Waals surface area contributed by atoms with Gasteiger partial charge >= 0.3 is 0 Å². The lowest BCUT2D eigenvalue weighted by Crippen LogP contribution is -2.20. The number of aliphatic hydroxyl groups is 1. The number of aliphatic hydroxyl groups excluding tert-OH is 1. The summed E-state index contributed by atoms with van der Waals surface area (Å²) in [4.78, 5) is 0. The Morgan fingerprint density at radius 2 is 1.94 bits per heavy atom. The van der Waals surface area contributed by atoms with E-state index in [9.17, 15) is 9.50 Å². The fourth-order valence-corrected chi connectivity index (χ4v) is 2.76. The largest absolute Gasteiger partial charge is 0.388 e. The second-order valence-electron chi connectivity index (χ2n) is 5.13. The van der Waals surface area contributed by atoms with Crippen molar-refractivity contribution in [3.8, 4) is 0 Å². The van der Waals surface area contributed by atoms with Crippen molar-refractivity contribution in [3.05, 3.63) is 34.6 Å². The van der Waals surface area contributed by atoms with E-state index in [1.165, 1.54) is 6.07 Å². The molecule has 1 aromatic carbocycles. The summed E-state index contributed by atoms with van der Waals surface area (Å²) in [5.74, 6) is 0.513. The van der Waals surface area contributed by atoms with E-state index in [0.29, 0.717) is 10.6 Å². The van der Waals surface area contributed by atoms with Crippen molar-refractivity contribution in [1.82, 2.24) is 0 Å². The van der Waals surface area contributed by atoms with Crippen LogP contribution in [0, 0.1) is 17.7 Å². The summed E-state index contributed by atoms with van der Waals surface area (Å²) in [7, 11) is 0. The van der Waals surface area contributed by atoms with Crippen molar-refractivity contribution in [2.75, 3.05) is 0 Å². The van der Waals surface area contributed by atoms with Gasteiger partial charge in [0.1, 0.15) is 5.82 Å². The fourth-order valence-electron chi connectivity index (χ4n) is 2.60. The highest BCUT2D eigenvalue weighted by Gasteiger charge is 2.27. The molecule has 1 unspecified atom stereocenters. The molecule has 1 aliphatic carbocycles. The van der Waals surface area contributed by atoms with E-state index in [1.807, 2.05) is 0 Å². The summed E-state index contributed by atoms with van der Waals surface area (Å²) in [6.07, 6.45) is 3.50. The SMILES string of the molecule is CC1CCC(C(O)c2ccc(Cl)cc2F)CC1. The molecule has 0 saturated heterocycles. The van der Waals surface area contributed by atoms with Gasteiger partial charge in [-0.15, -0.1) is 0 Å². The van der Waals surface area contributed by atoms with Crippen molar-refractivity contribution in [3.63, 3.8) is 0 Å². The standard InChI is InChI=1S/C14H18ClFO/c1-9-2-4-10(5-3-9)14(17)12-7-6-11(15)8-13(12)16/h6-10,14,17H,2-5H2,1H3. The van der Waals surface area contributed by atoms with Crippen LogP contribution in [0.5, 0.6) is 0 Å². The first-order valence-electron chi connectivity index (χ1n) is 6.21. The number of halogens is 2. The van der Waals surface area contributed by atoms with Crippen LogP contribution in [0.2, 0.25) is 5.02 Å². The van der Waals surface area contributed by atoms with Crippen LogP contribution in [0.4, 0.5) is 4.39 Å². The Morgan fingerprint density at radius 1 is 1.29 bits per heavy atom. The molecule has 1 saturated carbocycles. The molecule has 0 heterocycles. The number of hydrogen-bond acceptors (Lipinski definition) is 1. The van der Waals surface area contributed by atoms with Gasteiger partial charge in [-0.05, 0) is 36.8 Å². The van der Waals surface area contributed by atoms with Crippen molar-refractivity contribution in [2.45, 2.75) is 38.7 Å². The minimum absolute atomic E-state index is 0.182. The molecule has 17 heavy (non-hydrogen) atoms. The van der Waals surface area contributed by atoms with Gasteiger partial charge < -0.3 is 5.11 Å². The van der Waals surface area contributed by atoms with E-state index in [4.69, 9.17) is 11.6 Å². The van der Waals surface area contributed by atoms with Crippen molar-refractivity contribution in [2.24, 2.45) is 11.8 Å². The summed E-state index contributed by atoms with van der Waals surface area (Å²) in [5, 5.41) is 10.6. The number of hydrogen-bond donors (Lipinski definition) is 1. The van der Waals surface area contributed by atoms with Crippen molar-refractivity contribution >= 4 is 11.6 Å². The molecule has 1 nitrogen and oxygen atoms in total. The smallest absolute Gasteiger partial charge is 0.130 e. The molecular weight excluding hydrogens is 239 g/mol. The molecule has 1 aromatic rings. The monoisotopic (exact) mass is 256 g/mol. The van der Waals surface area contributed by atoms with Gasteiger partial charge in [0.25, 0.3) is 0 Å². The van der Waals surface area contributed by atoms with Crippen molar-refractivity contribution < 1.29 is 9.50 Å². The Morgan fingerprint density at radius 3 is 2.53 bits per heavy atom. The highest BCUT2D eigenvalue weighted by Crippen LogP contribution is 2.37. The van der Waals surface area contributed by atoms with Crippen molar-refractivity contribution in [1.29, 1.82) is 0 Å². The van der Waals surface area contributed by atoms with Gasteiger partial charge in [-0.1, -0.05) is 37.4 Å². The minimum Gasteiger partial charge on any atom is -0.388 e. The summed E-state index contributed by atoms with van der Waals surface area (Å²) < 4.78 is 13.7. The molecule has 1 atom stereocenters. The topological polar surface area (TPSA) is 20.2 Å². The van der Waals surface area contributed by atoms with Crippen LogP contribution in [0.1, 0.15) is 44.3 Å².